The summed E-state index contributed by atoms with van der Waals surface area (Å²) in [5.41, 5.74) is 3.62. The van der Waals surface area contributed by atoms with Gasteiger partial charge in [-0.2, -0.15) is 0 Å². The lowest BCUT2D eigenvalue weighted by Gasteiger charge is -2.27. The largest absolute Gasteiger partial charge is 0.338 e. The fourth-order valence-electron chi connectivity index (χ4n) is 3.86. The molecule has 0 atom stereocenters. The molecule has 1 aromatic carbocycles. The molecule has 2 heterocycles. The minimum Gasteiger partial charge on any atom is -0.338 e. The summed E-state index contributed by atoms with van der Waals surface area (Å²) in [5, 5.41) is 6.47. The molecule has 27 heavy (non-hydrogen) atoms. The molecule has 2 N–H and O–H groups in total. The number of rotatable bonds is 6. The summed E-state index contributed by atoms with van der Waals surface area (Å²) in [6, 6.07) is 10.9. The molecule has 1 aliphatic rings. The highest BCUT2D eigenvalue weighted by Gasteiger charge is 2.17. The van der Waals surface area contributed by atoms with E-state index in [-0.39, 0.29) is 0 Å². The van der Waals surface area contributed by atoms with Gasteiger partial charge >= 0.3 is 0 Å². The lowest BCUT2D eigenvalue weighted by molar-refractivity contribution is -0.898. The zero-order valence-corrected chi connectivity index (χ0v) is 18.2. The summed E-state index contributed by atoms with van der Waals surface area (Å²) in [7, 11) is 0. The van der Waals surface area contributed by atoms with E-state index in [1.807, 2.05) is 11.3 Å². The van der Waals surface area contributed by atoms with Crippen molar-refractivity contribution in [1.82, 2.24) is 4.90 Å². The molecule has 1 aromatic heterocycles. The van der Waals surface area contributed by atoms with Crippen molar-refractivity contribution in [2.24, 2.45) is 0 Å². The van der Waals surface area contributed by atoms with Crippen molar-refractivity contribution in [3.8, 4) is 0 Å². The first-order valence-electron chi connectivity index (χ1n) is 10.1. The van der Waals surface area contributed by atoms with Gasteiger partial charge in [0.25, 0.3) is 0 Å². The topological polar surface area (TPSA) is 19.7 Å². The van der Waals surface area contributed by atoms with Crippen LogP contribution in [0.2, 0.25) is 0 Å². The number of thiophene rings is 1. The maximum absolute atomic E-state index is 5.82. The van der Waals surface area contributed by atoms with Gasteiger partial charge in [-0.1, -0.05) is 12.1 Å². The van der Waals surface area contributed by atoms with Crippen LogP contribution in [0.4, 0.5) is 5.69 Å². The van der Waals surface area contributed by atoms with Gasteiger partial charge in [-0.05, 0) is 86.5 Å². The average molecular weight is 403 g/mol. The molecule has 0 aliphatic carbocycles. The van der Waals surface area contributed by atoms with E-state index in [0.29, 0.717) is 0 Å². The minimum absolute atomic E-state index is 0.836. The number of anilines is 1. The van der Waals surface area contributed by atoms with Gasteiger partial charge in [-0.25, -0.2) is 0 Å². The molecule has 1 fully saturated rings. The van der Waals surface area contributed by atoms with Crippen LogP contribution in [0.1, 0.15) is 41.7 Å². The molecule has 5 heteroatoms. The predicted octanol–water partition coefficient (Wildman–Crippen LogP) is 4.02. The van der Waals surface area contributed by atoms with Crippen molar-refractivity contribution in [2.45, 2.75) is 46.1 Å². The van der Waals surface area contributed by atoms with Crippen molar-refractivity contribution in [3.63, 3.8) is 0 Å². The number of quaternary nitrogens is 1. The van der Waals surface area contributed by atoms with Crippen LogP contribution in [0.15, 0.2) is 35.7 Å². The van der Waals surface area contributed by atoms with Crippen molar-refractivity contribution in [2.75, 3.05) is 31.5 Å². The standard InChI is InChI=1S/C22H31N3S2/c1-18-14-19(2)16-20(15-18)23-22(26)25(17-21-8-7-13-27-21)12-11-24-9-5-3-4-6-10-24/h7-8,13-16H,3-6,9-12,17H2,1-2H3,(H,23,26)/p+1. The van der Waals surface area contributed by atoms with E-state index in [4.69, 9.17) is 12.2 Å². The Morgan fingerprint density at radius 3 is 2.44 bits per heavy atom. The Morgan fingerprint density at radius 1 is 1.11 bits per heavy atom. The van der Waals surface area contributed by atoms with Gasteiger partial charge in [0.1, 0.15) is 0 Å². The average Bonchev–Trinajstić information content (AvgIpc) is 2.99. The molecule has 0 spiro atoms. The highest BCUT2D eigenvalue weighted by atomic mass is 32.1. The molecule has 0 radical (unpaired) electrons. The Balaban J connectivity index is 1.65. The van der Waals surface area contributed by atoms with Crippen LogP contribution < -0.4 is 10.2 Å². The summed E-state index contributed by atoms with van der Waals surface area (Å²) >= 11 is 7.63. The summed E-state index contributed by atoms with van der Waals surface area (Å²) in [5.74, 6) is 0. The molecular formula is C22H32N3S2+. The Kier molecular flexibility index (Phi) is 7.68. The summed E-state index contributed by atoms with van der Waals surface area (Å²) in [6.07, 6.45) is 5.53. The van der Waals surface area contributed by atoms with Crippen molar-refractivity contribution < 1.29 is 4.90 Å². The first kappa shape index (κ1) is 20.3. The van der Waals surface area contributed by atoms with Gasteiger partial charge in [0.05, 0.1) is 32.7 Å². The molecule has 0 unspecified atom stereocenters. The van der Waals surface area contributed by atoms with E-state index in [1.165, 1.54) is 61.3 Å². The molecule has 1 aliphatic heterocycles. The quantitative estimate of drug-likeness (QED) is 0.712. The molecule has 3 rings (SSSR count). The number of nitrogens with zero attached hydrogens (tertiary/aromatic N) is 1. The van der Waals surface area contributed by atoms with E-state index >= 15 is 0 Å². The molecule has 3 nitrogen and oxygen atoms in total. The van der Waals surface area contributed by atoms with Crippen molar-refractivity contribution in [3.05, 3.63) is 51.7 Å². The first-order chi connectivity index (χ1) is 13.1. The summed E-state index contributed by atoms with van der Waals surface area (Å²) in [4.78, 5) is 5.44. The molecule has 1 saturated heterocycles. The smallest absolute Gasteiger partial charge is 0.173 e. The van der Waals surface area contributed by atoms with E-state index in [1.54, 1.807) is 4.90 Å². The van der Waals surface area contributed by atoms with Crippen molar-refractivity contribution >= 4 is 34.4 Å². The highest BCUT2D eigenvalue weighted by molar-refractivity contribution is 7.80. The lowest BCUT2D eigenvalue weighted by Crippen LogP contribution is -3.12. The molecule has 0 saturated carbocycles. The van der Waals surface area contributed by atoms with Crippen LogP contribution in [0.3, 0.4) is 0 Å². The van der Waals surface area contributed by atoms with Crippen LogP contribution in [-0.4, -0.2) is 36.2 Å². The Hall–Kier alpha value is -1.43. The second kappa shape index (κ2) is 10.2. The van der Waals surface area contributed by atoms with E-state index in [9.17, 15) is 0 Å². The highest BCUT2D eigenvalue weighted by Crippen LogP contribution is 2.16. The van der Waals surface area contributed by atoms with Gasteiger partial charge in [0, 0.05) is 10.6 Å². The van der Waals surface area contributed by atoms with Gasteiger partial charge in [0.15, 0.2) is 5.11 Å². The van der Waals surface area contributed by atoms with Crippen molar-refractivity contribution in [1.29, 1.82) is 0 Å². The van der Waals surface area contributed by atoms with Gasteiger partial charge in [-0.3, -0.25) is 0 Å². The zero-order chi connectivity index (χ0) is 19.1. The maximum atomic E-state index is 5.82. The molecular weight excluding hydrogens is 370 g/mol. The fourth-order valence-corrected chi connectivity index (χ4v) is 4.86. The zero-order valence-electron chi connectivity index (χ0n) is 16.6. The third-order valence-electron chi connectivity index (χ3n) is 5.23. The number of benzene rings is 1. The minimum atomic E-state index is 0.836. The Morgan fingerprint density at radius 2 is 1.81 bits per heavy atom. The monoisotopic (exact) mass is 402 g/mol. The Labute approximate surface area is 173 Å². The second-order valence-electron chi connectivity index (χ2n) is 7.72. The maximum Gasteiger partial charge on any atom is 0.173 e. The van der Waals surface area contributed by atoms with E-state index in [2.05, 4.69) is 59.8 Å². The SMILES string of the molecule is Cc1cc(C)cc(NC(=S)N(CC[NH+]2CCCCCC2)Cc2cccs2)c1. The summed E-state index contributed by atoms with van der Waals surface area (Å²) < 4.78 is 0. The second-order valence-corrected chi connectivity index (χ2v) is 9.14. The number of hydrogen-bond donors (Lipinski definition) is 2. The number of nitrogens with one attached hydrogen (secondary N) is 2. The number of hydrogen-bond acceptors (Lipinski definition) is 2. The van der Waals surface area contributed by atoms with Gasteiger partial charge in [0.2, 0.25) is 0 Å². The van der Waals surface area contributed by atoms with Crippen LogP contribution in [0, 0.1) is 13.8 Å². The molecule has 146 valence electrons. The number of aryl methyl sites for hydroxylation is 2. The van der Waals surface area contributed by atoms with Crippen LogP contribution in [0.25, 0.3) is 0 Å². The van der Waals surface area contributed by atoms with E-state index < -0.39 is 0 Å². The number of likely N-dealkylation sites (tertiary alicyclic amines) is 1. The third kappa shape index (κ3) is 6.59. The Bertz CT molecular complexity index is 699. The molecule has 0 bridgehead atoms. The normalized spacial score (nSPS) is 15.3. The van der Waals surface area contributed by atoms with Gasteiger partial charge in [-0.15, -0.1) is 11.3 Å². The van der Waals surface area contributed by atoms with Crippen LogP contribution in [-0.2, 0) is 6.54 Å². The van der Waals surface area contributed by atoms with Gasteiger partial charge < -0.3 is 15.1 Å². The van der Waals surface area contributed by atoms with Crippen LogP contribution >= 0.6 is 23.6 Å². The fraction of sp³-hybridized carbons (Fsp3) is 0.500. The lowest BCUT2D eigenvalue weighted by atomic mass is 10.1. The van der Waals surface area contributed by atoms with E-state index in [0.717, 1.165) is 23.9 Å². The third-order valence-corrected chi connectivity index (χ3v) is 6.45. The predicted molar refractivity (Wildman–Crippen MR) is 121 cm³/mol. The summed E-state index contributed by atoms with van der Waals surface area (Å²) in [6.45, 7) is 9.94. The molecule has 2 aromatic rings. The van der Waals surface area contributed by atoms with Crippen LogP contribution in [0.5, 0.6) is 0 Å². The first-order valence-corrected chi connectivity index (χ1v) is 11.4. The molecule has 0 amide bonds. The number of thiocarbonyl (C=S) groups is 1.